The van der Waals surface area contributed by atoms with Crippen LogP contribution in [0.15, 0.2) is 22.6 Å². The number of thiazole rings is 1. The Kier molecular flexibility index (Phi) is 3.18. The van der Waals surface area contributed by atoms with Gasteiger partial charge < -0.3 is 10.4 Å². The van der Waals surface area contributed by atoms with E-state index in [1.54, 1.807) is 25.4 Å². The van der Waals surface area contributed by atoms with Crippen LogP contribution in [0.3, 0.4) is 0 Å². The molecule has 7 heteroatoms. The standard InChI is InChI=1S/C11H13N3O3S/c1-11(2,17)6-13-8(15)7-5-12-10-14(9(7)16)3-4-18-10/h3-5,17H,6H2,1-2H3,(H,13,15). The van der Waals surface area contributed by atoms with E-state index in [2.05, 4.69) is 10.3 Å². The molecular weight excluding hydrogens is 254 g/mol. The highest BCUT2D eigenvalue weighted by Crippen LogP contribution is 2.06. The lowest BCUT2D eigenvalue weighted by atomic mass is 10.1. The third-order valence-corrected chi connectivity index (χ3v) is 3.04. The number of hydrogen-bond acceptors (Lipinski definition) is 5. The molecule has 0 unspecified atom stereocenters. The monoisotopic (exact) mass is 267 g/mol. The number of aliphatic hydroxyl groups is 1. The second-order valence-electron chi connectivity index (χ2n) is 4.53. The van der Waals surface area contributed by atoms with Crippen molar-refractivity contribution in [1.29, 1.82) is 0 Å². The van der Waals surface area contributed by atoms with Crippen LogP contribution in [0.1, 0.15) is 24.2 Å². The Morgan fingerprint density at radius 1 is 1.61 bits per heavy atom. The fourth-order valence-electron chi connectivity index (χ4n) is 1.37. The van der Waals surface area contributed by atoms with E-state index in [-0.39, 0.29) is 12.1 Å². The summed E-state index contributed by atoms with van der Waals surface area (Å²) in [6.45, 7) is 3.21. The minimum absolute atomic E-state index is 0.0323. The van der Waals surface area contributed by atoms with E-state index in [0.717, 1.165) is 0 Å². The number of fused-ring (bicyclic) bond motifs is 1. The molecule has 0 saturated heterocycles. The molecule has 0 atom stereocenters. The fraction of sp³-hybridized carbons (Fsp3) is 0.364. The number of nitrogens with one attached hydrogen (secondary N) is 1. The Morgan fingerprint density at radius 3 is 3.00 bits per heavy atom. The molecule has 96 valence electrons. The maximum Gasteiger partial charge on any atom is 0.271 e. The highest BCUT2D eigenvalue weighted by molar-refractivity contribution is 7.15. The number of rotatable bonds is 3. The summed E-state index contributed by atoms with van der Waals surface area (Å²) in [5.41, 5.74) is -1.46. The van der Waals surface area contributed by atoms with Crippen molar-refractivity contribution in [3.63, 3.8) is 0 Å². The lowest BCUT2D eigenvalue weighted by Crippen LogP contribution is -2.40. The minimum atomic E-state index is -1.02. The summed E-state index contributed by atoms with van der Waals surface area (Å²) in [7, 11) is 0. The maximum atomic E-state index is 12.0. The quantitative estimate of drug-likeness (QED) is 0.835. The second-order valence-corrected chi connectivity index (χ2v) is 5.40. The Balaban J connectivity index is 2.28. The van der Waals surface area contributed by atoms with Crippen LogP contribution in [0.5, 0.6) is 0 Å². The number of amides is 1. The summed E-state index contributed by atoms with van der Waals surface area (Å²) in [6, 6.07) is 0. The Morgan fingerprint density at radius 2 is 2.33 bits per heavy atom. The van der Waals surface area contributed by atoms with Gasteiger partial charge >= 0.3 is 0 Å². The topological polar surface area (TPSA) is 83.7 Å². The van der Waals surface area contributed by atoms with Gasteiger partial charge in [0.05, 0.1) is 5.60 Å². The normalized spacial score (nSPS) is 11.7. The second kappa shape index (κ2) is 4.51. The lowest BCUT2D eigenvalue weighted by Gasteiger charge is -2.17. The zero-order valence-corrected chi connectivity index (χ0v) is 10.8. The van der Waals surface area contributed by atoms with Crippen LogP contribution in [0.4, 0.5) is 0 Å². The third kappa shape index (κ3) is 2.57. The van der Waals surface area contributed by atoms with Gasteiger partial charge in [-0.05, 0) is 13.8 Å². The summed E-state index contributed by atoms with van der Waals surface area (Å²) in [4.78, 5) is 28.3. The van der Waals surface area contributed by atoms with Crippen LogP contribution in [0.25, 0.3) is 4.96 Å². The SMILES string of the molecule is CC(C)(O)CNC(=O)c1cnc2sccn2c1=O. The first-order valence-electron chi connectivity index (χ1n) is 5.34. The number of nitrogens with zero attached hydrogens (tertiary/aromatic N) is 2. The van der Waals surface area contributed by atoms with Gasteiger partial charge in [-0.2, -0.15) is 0 Å². The van der Waals surface area contributed by atoms with Gasteiger partial charge in [0.15, 0.2) is 4.96 Å². The minimum Gasteiger partial charge on any atom is -0.389 e. The predicted octanol–water partition coefficient (Wildman–Crippen LogP) is 0.257. The summed E-state index contributed by atoms with van der Waals surface area (Å²) < 4.78 is 1.32. The molecule has 0 aliphatic rings. The van der Waals surface area contributed by atoms with Gasteiger partial charge in [0, 0.05) is 24.3 Å². The average Bonchev–Trinajstić information content (AvgIpc) is 2.74. The molecule has 2 N–H and O–H groups in total. The van der Waals surface area contributed by atoms with Crippen molar-refractivity contribution in [2.45, 2.75) is 19.4 Å². The summed E-state index contributed by atoms with van der Waals surface area (Å²) >= 11 is 1.32. The number of carbonyl (C=O) groups is 1. The molecule has 0 aliphatic heterocycles. The summed E-state index contributed by atoms with van der Waals surface area (Å²) in [5, 5.41) is 13.7. The Bertz CT molecular complexity index is 639. The molecule has 0 spiro atoms. The van der Waals surface area contributed by atoms with E-state index in [0.29, 0.717) is 4.96 Å². The summed E-state index contributed by atoms with van der Waals surface area (Å²) in [5.74, 6) is -0.532. The van der Waals surface area contributed by atoms with Crippen LogP contribution in [0, 0.1) is 0 Å². The first-order chi connectivity index (χ1) is 8.38. The molecule has 0 radical (unpaired) electrons. The molecule has 0 fully saturated rings. The van der Waals surface area contributed by atoms with Crippen molar-refractivity contribution in [3.05, 3.63) is 33.7 Å². The van der Waals surface area contributed by atoms with E-state index in [4.69, 9.17) is 0 Å². The van der Waals surface area contributed by atoms with E-state index >= 15 is 0 Å². The molecule has 2 aromatic rings. The van der Waals surface area contributed by atoms with Gasteiger partial charge in [0.25, 0.3) is 11.5 Å². The largest absolute Gasteiger partial charge is 0.389 e. The van der Waals surface area contributed by atoms with Gasteiger partial charge in [0.2, 0.25) is 0 Å². The number of hydrogen-bond donors (Lipinski definition) is 2. The van der Waals surface area contributed by atoms with Crippen molar-refractivity contribution in [2.24, 2.45) is 0 Å². The molecule has 1 amide bonds. The van der Waals surface area contributed by atoms with Gasteiger partial charge in [-0.1, -0.05) is 0 Å². The van der Waals surface area contributed by atoms with Crippen LogP contribution in [-0.2, 0) is 0 Å². The van der Waals surface area contributed by atoms with E-state index in [1.807, 2.05) is 0 Å². The molecule has 0 saturated carbocycles. The van der Waals surface area contributed by atoms with Crippen molar-refractivity contribution in [3.8, 4) is 0 Å². The third-order valence-electron chi connectivity index (χ3n) is 2.27. The molecule has 2 heterocycles. The highest BCUT2D eigenvalue weighted by Gasteiger charge is 2.17. The van der Waals surface area contributed by atoms with E-state index in [9.17, 15) is 14.7 Å². The van der Waals surface area contributed by atoms with Crippen LogP contribution in [-0.4, -0.2) is 32.5 Å². The van der Waals surface area contributed by atoms with E-state index < -0.39 is 17.1 Å². The molecule has 0 bridgehead atoms. The van der Waals surface area contributed by atoms with Gasteiger partial charge in [-0.25, -0.2) is 4.98 Å². The van der Waals surface area contributed by atoms with Crippen molar-refractivity contribution in [1.82, 2.24) is 14.7 Å². The van der Waals surface area contributed by atoms with Crippen molar-refractivity contribution in [2.75, 3.05) is 6.54 Å². The van der Waals surface area contributed by atoms with Crippen molar-refractivity contribution >= 4 is 22.2 Å². The summed E-state index contributed by atoms with van der Waals surface area (Å²) in [6.07, 6.45) is 2.83. The molecule has 6 nitrogen and oxygen atoms in total. The molecule has 2 aromatic heterocycles. The fourth-order valence-corrected chi connectivity index (χ4v) is 2.05. The maximum absolute atomic E-state index is 12.0. The van der Waals surface area contributed by atoms with Crippen molar-refractivity contribution < 1.29 is 9.90 Å². The zero-order valence-electron chi connectivity index (χ0n) is 10.0. The average molecular weight is 267 g/mol. The molecule has 18 heavy (non-hydrogen) atoms. The smallest absolute Gasteiger partial charge is 0.271 e. The zero-order chi connectivity index (χ0) is 13.3. The Hall–Kier alpha value is -1.73. The van der Waals surface area contributed by atoms with Crippen LogP contribution < -0.4 is 10.9 Å². The molecule has 2 rings (SSSR count). The molecule has 0 aromatic carbocycles. The van der Waals surface area contributed by atoms with Gasteiger partial charge in [0.1, 0.15) is 5.56 Å². The van der Waals surface area contributed by atoms with Crippen LogP contribution in [0.2, 0.25) is 0 Å². The number of carbonyl (C=O) groups excluding carboxylic acids is 1. The predicted molar refractivity (Wildman–Crippen MR) is 68.0 cm³/mol. The lowest BCUT2D eigenvalue weighted by molar-refractivity contribution is 0.0693. The van der Waals surface area contributed by atoms with Gasteiger partial charge in [-0.15, -0.1) is 11.3 Å². The molecule has 0 aliphatic carbocycles. The number of aromatic nitrogens is 2. The highest BCUT2D eigenvalue weighted by atomic mass is 32.1. The first kappa shape index (κ1) is 12.7. The van der Waals surface area contributed by atoms with E-state index in [1.165, 1.54) is 21.9 Å². The first-order valence-corrected chi connectivity index (χ1v) is 6.22. The molecular formula is C11H13N3O3S. The van der Waals surface area contributed by atoms with Crippen LogP contribution >= 0.6 is 11.3 Å². The van der Waals surface area contributed by atoms with Gasteiger partial charge in [-0.3, -0.25) is 14.0 Å². The Labute approximate surface area is 107 Å².